The molecule has 0 spiro atoms. The molecule has 4 aliphatic rings. The number of aliphatic hydroxyl groups is 1. The molecule has 0 bridgehead atoms. The third-order valence-corrected chi connectivity index (χ3v) is 13.2. The van der Waals surface area contributed by atoms with Gasteiger partial charge in [0.2, 0.25) is 0 Å². The first-order valence-electron chi connectivity index (χ1n) is 16.9. The summed E-state index contributed by atoms with van der Waals surface area (Å²) in [6, 6.07) is 0. The molecule has 1 N–H and O–H groups in total. The number of rotatable bonds is 12. The van der Waals surface area contributed by atoms with Crippen LogP contribution in [0, 0.1) is 58.2 Å². The molecule has 0 saturated heterocycles. The van der Waals surface area contributed by atoms with Crippen LogP contribution in [0.5, 0.6) is 0 Å². The van der Waals surface area contributed by atoms with Crippen molar-refractivity contribution in [1.82, 2.24) is 0 Å². The van der Waals surface area contributed by atoms with E-state index in [2.05, 4.69) is 41.5 Å². The van der Waals surface area contributed by atoms with Crippen LogP contribution in [0.1, 0.15) is 144 Å². The summed E-state index contributed by atoms with van der Waals surface area (Å²) in [7, 11) is 0. The summed E-state index contributed by atoms with van der Waals surface area (Å²) < 4.78 is 5.99. The lowest BCUT2D eigenvalue weighted by Gasteiger charge is -2.61. The molecule has 4 fully saturated rings. The number of carbonyl (C=O) groups is 1. The average Bonchev–Trinajstić information content (AvgIpc) is 3.24. The zero-order valence-electron chi connectivity index (χ0n) is 26.0. The second kappa shape index (κ2) is 12.9. The van der Waals surface area contributed by atoms with Gasteiger partial charge in [0.1, 0.15) is 6.10 Å². The number of fused-ring (bicyclic) bond motifs is 5. The Labute approximate surface area is 235 Å². The van der Waals surface area contributed by atoms with Crippen LogP contribution in [-0.2, 0) is 9.53 Å². The molecule has 0 aliphatic heterocycles. The van der Waals surface area contributed by atoms with E-state index in [0.717, 1.165) is 79.4 Å². The van der Waals surface area contributed by atoms with E-state index in [1.807, 2.05) is 0 Å². The van der Waals surface area contributed by atoms with Gasteiger partial charge in [-0.15, -0.1) is 0 Å². The summed E-state index contributed by atoms with van der Waals surface area (Å²) >= 11 is 0. The summed E-state index contributed by atoms with van der Waals surface area (Å²) in [5.74, 6) is 6.98. The fourth-order valence-corrected chi connectivity index (χ4v) is 10.8. The van der Waals surface area contributed by atoms with Crippen LogP contribution in [0.15, 0.2) is 0 Å². The number of unbranched alkanes of at least 4 members (excludes halogenated alkanes) is 2. The van der Waals surface area contributed by atoms with Crippen molar-refractivity contribution in [3.05, 3.63) is 0 Å². The number of aliphatic hydroxyl groups excluding tert-OH is 1. The first-order chi connectivity index (χ1) is 18.1. The van der Waals surface area contributed by atoms with E-state index in [-0.39, 0.29) is 18.7 Å². The molecule has 10 atom stereocenters. The Balaban J connectivity index is 1.33. The maximum atomic E-state index is 12.4. The molecule has 3 nitrogen and oxygen atoms in total. The minimum Gasteiger partial charge on any atom is -0.462 e. The maximum absolute atomic E-state index is 12.4. The molecule has 0 amide bonds. The van der Waals surface area contributed by atoms with Crippen LogP contribution in [0.25, 0.3) is 0 Å². The summed E-state index contributed by atoms with van der Waals surface area (Å²) in [4.78, 5) is 12.4. The first kappa shape index (κ1) is 30.4. The topological polar surface area (TPSA) is 46.5 Å². The smallest absolute Gasteiger partial charge is 0.306 e. The summed E-state index contributed by atoms with van der Waals surface area (Å²) in [5.41, 5.74) is 1.01. The van der Waals surface area contributed by atoms with Crippen LogP contribution in [0.4, 0.5) is 0 Å². The average molecular weight is 531 g/mol. The second-order valence-corrected chi connectivity index (χ2v) is 15.3. The lowest BCUT2D eigenvalue weighted by molar-refractivity contribution is -0.162. The highest BCUT2D eigenvalue weighted by Crippen LogP contribution is 2.68. The molecule has 220 valence electrons. The molecule has 3 unspecified atom stereocenters. The summed E-state index contributed by atoms with van der Waals surface area (Å²) in [6.07, 6.45) is 19.4. The van der Waals surface area contributed by atoms with E-state index in [1.165, 1.54) is 64.2 Å². The first-order valence-corrected chi connectivity index (χ1v) is 16.9. The SMILES string of the molecule is CC[C@H](CC[C@@H](C)[C@H]1CCC2C3CC[C@H]4C[C@@H](OC(=O)CCCCCO)CC[C@]4(C)C3CC[C@@]21C)C(C)C. The third-order valence-electron chi connectivity index (χ3n) is 13.2. The van der Waals surface area contributed by atoms with Crippen LogP contribution >= 0.6 is 0 Å². The summed E-state index contributed by atoms with van der Waals surface area (Å²) in [5, 5.41) is 8.96. The van der Waals surface area contributed by atoms with Crippen molar-refractivity contribution < 1.29 is 14.6 Å². The minimum absolute atomic E-state index is 0.0107. The Morgan fingerprint density at radius 1 is 0.895 bits per heavy atom. The number of ether oxygens (including phenoxy) is 1. The standard InChI is InChI=1S/C35H62O3/c1-7-26(24(2)3)13-12-25(4)30-16-17-31-29-15-14-27-23-28(38-33(37)11-9-8-10-22-36)18-20-34(27,5)32(29)19-21-35(30,31)6/h24-32,36H,7-23H2,1-6H3/t25-,26-,27+,28+,29?,30-,31?,32?,34+,35-/m1/s1. The van der Waals surface area contributed by atoms with Crippen molar-refractivity contribution in [2.75, 3.05) is 6.61 Å². The van der Waals surface area contributed by atoms with E-state index >= 15 is 0 Å². The molecule has 38 heavy (non-hydrogen) atoms. The quantitative estimate of drug-likeness (QED) is 0.202. The Hall–Kier alpha value is -0.570. The fraction of sp³-hybridized carbons (Fsp3) is 0.971. The highest BCUT2D eigenvalue weighted by atomic mass is 16.5. The van der Waals surface area contributed by atoms with E-state index < -0.39 is 0 Å². The van der Waals surface area contributed by atoms with E-state index in [1.54, 1.807) is 0 Å². The number of esters is 1. The zero-order valence-corrected chi connectivity index (χ0v) is 26.0. The molecule has 4 saturated carbocycles. The van der Waals surface area contributed by atoms with Crippen LogP contribution in [0.2, 0.25) is 0 Å². The van der Waals surface area contributed by atoms with Crippen molar-refractivity contribution in [2.24, 2.45) is 58.2 Å². The number of carbonyl (C=O) groups excluding carboxylic acids is 1. The molecule has 4 aliphatic carbocycles. The van der Waals surface area contributed by atoms with E-state index in [9.17, 15) is 4.79 Å². The number of hydrogen-bond acceptors (Lipinski definition) is 3. The lowest BCUT2D eigenvalue weighted by atomic mass is 9.44. The zero-order chi connectivity index (χ0) is 27.5. The second-order valence-electron chi connectivity index (χ2n) is 15.3. The highest BCUT2D eigenvalue weighted by Gasteiger charge is 2.60. The molecular weight excluding hydrogens is 468 g/mol. The van der Waals surface area contributed by atoms with Gasteiger partial charge in [0.15, 0.2) is 0 Å². The molecule has 0 aromatic rings. The largest absolute Gasteiger partial charge is 0.462 e. The maximum Gasteiger partial charge on any atom is 0.306 e. The summed E-state index contributed by atoms with van der Waals surface area (Å²) in [6.45, 7) is 15.4. The fourth-order valence-electron chi connectivity index (χ4n) is 10.8. The Morgan fingerprint density at radius 3 is 2.34 bits per heavy atom. The van der Waals surface area contributed by atoms with Crippen LogP contribution in [0.3, 0.4) is 0 Å². The monoisotopic (exact) mass is 530 g/mol. The van der Waals surface area contributed by atoms with Crippen molar-refractivity contribution in [3.63, 3.8) is 0 Å². The molecular formula is C35H62O3. The number of hydrogen-bond donors (Lipinski definition) is 1. The van der Waals surface area contributed by atoms with Crippen molar-refractivity contribution in [3.8, 4) is 0 Å². The predicted octanol–water partition coefficient (Wildman–Crippen LogP) is 9.21. The molecule has 4 rings (SSSR count). The van der Waals surface area contributed by atoms with Gasteiger partial charge < -0.3 is 9.84 Å². The van der Waals surface area contributed by atoms with Crippen molar-refractivity contribution in [2.45, 2.75) is 150 Å². The van der Waals surface area contributed by atoms with Crippen LogP contribution < -0.4 is 0 Å². The molecule has 0 aromatic carbocycles. The molecule has 0 aromatic heterocycles. The molecule has 0 radical (unpaired) electrons. The van der Waals surface area contributed by atoms with Gasteiger partial charge in [0, 0.05) is 13.0 Å². The van der Waals surface area contributed by atoms with E-state index in [4.69, 9.17) is 9.84 Å². The van der Waals surface area contributed by atoms with Gasteiger partial charge in [-0.1, -0.05) is 60.8 Å². The Kier molecular flexibility index (Phi) is 10.4. The Morgan fingerprint density at radius 2 is 1.63 bits per heavy atom. The third kappa shape index (κ3) is 6.18. The van der Waals surface area contributed by atoms with E-state index in [0.29, 0.717) is 17.3 Å². The van der Waals surface area contributed by atoms with Gasteiger partial charge >= 0.3 is 5.97 Å². The molecule has 3 heteroatoms. The predicted molar refractivity (Wildman–Crippen MR) is 158 cm³/mol. The highest BCUT2D eigenvalue weighted by molar-refractivity contribution is 5.69. The van der Waals surface area contributed by atoms with Gasteiger partial charge in [-0.05, 0) is 135 Å². The van der Waals surface area contributed by atoms with Gasteiger partial charge in [0.05, 0.1) is 0 Å². The van der Waals surface area contributed by atoms with Gasteiger partial charge in [0.25, 0.3) is 0 Å². The normalized spacial score (nSPS) is 40.2. The van der Waals surface area contributed by atoms with Crippen LogP contribution in [-0.4, -0.2) is 23.8 Å². The molecule has 0 heterocycles. The lowest BCUT2D eigenvalue weighted by Crippen LogP contribution is -2.54. The van der Waals surface area contributed by atoms with Gasteiger partial charge in [-0.2, -0.15) is 0 Å². The van der Waals surface area contributed by atoms with Gasteiger partial charge in [-0.25, -0.2) is 0 Å². The van der Waals surface area contributed by atoms with Crippen molar-refractivity contribution in [1.29, 1.82) is 0 Å². The van der Waals surface area contributed by atoms with Crippen molar-refractivity contribution >= 4 is 5.97 Å². The van der Waals surface area contributed by atoms with Gasteiger partial charge in [-0.3, -0.25) is 4.79 Å². The minimum atomic E-state index is -0.0107. The Bertz CT molecular complexity index is 762.